The Kier molecular flexibility index (Phi) is 5.89. The molecule has 4 nitrogen and oxygen atoms in total. The second-order valence-electron chi connectivity index (χ2n) is 6.16. The second kappa shape index (κ2) is 8.12. The SMILES string of the molecule is CSc1nc(-c2cccs2)nc(C)c1C(=O)NC1CCCCCC1. The van der Waals surface area contributed by atoms with Crippen LogP contribution in [0.2, 0.25) is 0 Å². The van der Waals surface area contributed by atoms with E-state index in [1.54, 1.807) is 11.3 Å². The Labute approximate surface area is 151 Å². The minimum Gasteiger partial charge on any atom is -0.349 e. The summed E-state index contributed by atoms with van der Waals surface area (Å²) in [7, 11) is 0. The predicted molar refractivity (Wildman–Crippen MR) is 101 cm³/mol. The Balaban J connectivity index is 1.85. The highest BCUT2D eigenvalue weighted by Crippen LogP contribution is 2.27. The average Bonchev–Trinajstić information content (AvgIpc) is 3.00. The third-order valence-electron chi connectivity index (χ3n) is 4.41. The van der Waals surface area contributed by atoms with Crippen LogP contribution in [0.3, 0.4) is 0 Å². The zero-order valence-electron chi connectivity index (χ0n) is 14.2. The molecule has 0 aliphatic heterocycles. The first kappa shape index (κ1) is 17.4. The Hall–Kier alpha value is -1.40. The Morgan fingerprint density at radius 1 is 1.25 bits per heavy atom. The van der Waals surface area contributed by atoms with E-state index in [2.05, 4.69) is 15.3 Å². The lowest BCUT2D eigenvalue weighted by molar-refractivity contribution is 0.0928. The van der Waals surface area contributed by atoms with E-state index in [-0.39, 0.29) is 11.9 Å². The summed E-state index contributed by atoms with van der Waals surface area (Å²) in [6.07, 6.45) is 9.07. The fraction of sp³-hybridized carbons (Fsp3) is 0.500. The summed E-state index contributed by atoms with van der Waals surface area (Å²) in [4.78, 5) is 23.1. The van der Waals surface area contributed by atoms with Crippen LogP contribution >= 0.6 is 23.1 Å². The third kappa shape index (κ3) is 3.98. The first-order valence-corrected chi connectivity index (χ1v) is 10.6. The van der Waals surface area contributed by atoms with Crippen LogP contribution in [0.4, 0.5) is 0 Å². The fourth-order valence-electron chi connectivity index (χ4n) is 3.15. The number of carbonyl (C=O) groups excluding carboxylic acids is 1. The number of amides is 1. The maximum absolute atomic E-state index is 12.8. The van der Waals surface area contributed by atoms with Gasteiger partial charge in [-0.25, -0.2) is 9.97 Å². The van der Waals surface area contributed by atoms with Gasteiger partial charge in [-0.2, -0.15) is 0 Å². The number of carbonyl (C=O) groups is 1. The molecule has 0 saturated heterocycles. The van der Waals surface area contributed by atoms with Crippen molar-refractivity contribution < 1.29 is 4.79 Å². The highest BCUT2D eigenvalue weighted by molar-refractivity contribution is 7.98. The summed E-state index contributed by atoms with van der Waals surface area (Å²) >= 11 is 3.12. The van der Waals surface area contributed by atoms with Crippen molar-refractivity contribution in [2.24, 2.45) is 0 Å². The molecule has 0 spiro atoms. The molecule has 24 heavy (non-hydrogen) atoms. The predicted octanol–water partition coefficient (Wildman–Crippen LogP) is 4.69. The van der Waals surface area contributed by atoms with Crippen molar-refractivity contribution in [3.8, 4) is 10.7 Å². The number of nitrogens with zero attached hydrogens (tertiary/aromatic N) is 2. The van der Waals surface area contributed by atoms with Crippen molar-refractivity contribution in [3.63, 3.8) is 0 Å². The maximum atomic E-state index is 12.8. The van der Waals surface area contributed by atoms with Crippen LogP contribution < -0.4 is 5.32 Å². The van der Waals surface area contributed by atoms with Crippen molar-refractivity contribution in [1.82, 2.24) is 15.3 Å². The molecule has 1 N–H and O–H groups in total. The van der Waals surface area contributed by atoms with Gasteiger partial charge in [0.2, 0.25) is 0 Å². The lowest BCUT2D eigenvalue weighted by Gasteiger charge is -2.18. The van der Waals surface area contributed by atoms with E-state index >= 15 is 0 Å². The van der Waals surface area contributed by atoms with Gasteiger partial charge in [0.15, 0.2) is 5.82 Å². The molecule has 2 heterocycles. The zero-order valence-corrected chi connectivity index (χ0v) is 15.8. The largest absolute Gasteiger partial charge is 0.349 e. The molecule has 128 valence electrons. The van der Waals surface area contributed by atoms with Gasteiger partial charge in [0, 0.05) is 6.04 Å². The highest BCUT2D eigenvalue weighted by atomic mass is 32.2. The molecule has 0 unspecified atom stereocenters. The van der Waals surface area contributed by atoms with Crippen LogP contribution in [0.25, 0.3) is 10.7 Å². The monoisotopic (exact) mass is 361 g/mol. The van der Waals surface area contributed by atoms with E-state index in [1.165, 1.54) is 37.4 Å². The topological polar surface area (TPSA) is 54.9 Å². The lowest BCUT2D eigenvalue weighted by Crippen LogP contribution is -2.35. The average molecular weight is 362 g/mol. The fourth-order valence-corrected chi connectivity index (χ4v) is 4.43. The normalized spacial score (nSPS) is 15.9. The summed E-state index contributed by atoms with van der Waals surface area (Å²) in [6.45, 7) is 1.90. The smallest absolute Gasteiger partial charge is 0.256 e. The van der Waals surface area contributed by atoms with E-state index < -0.39 is 0 Å². The maximum Gasteiger partial charge on any atom is 0.256 e. The van der Waals surface area contributed by atoms with E-state index in [4.69, 9.17) is 0 Å². The molecule has 2 aromatic rings. The number of hydrogen-bond acceptors (Lipinski definition) is 5. The van der Waals surface area contributed by atoms with Gasteiger partial charge in [-0.05, 0) is 37.5 Å². The molecule has 3 rings (SSSR count). The summed E-state index contributed by atoms with van der Waals surface area (Å²) in [5.41, 5.74) is 1.39. The quantitative estimate of drug-likeness (QED) is 0.488. The molecule has 1 amide bonds. The number of aryl methyl sites for hydroxylation is 1. The third-order valence-corrected chi connectivity index (χ3v) is 5.96. The molecule has 0 atom stereocenters. The van der Waals surface area contributed by atoms with Crippen molar-refractivity contribution in [1.29, 1.82) is 0 Å². The first-order valence-electron chi connectivity index (χ1n) is 8.46. The van der Waals surface area contributed by atoms with Crippen molar-refractivity contribution in [3.05, 3.63) is 28.8 Å². The van der Waals surface area contributed by atoms with Gasteiger partial charge in [-0.1, -0.05) is 31.7 Å². The van der Waals surface area contributed by atoms with Crippen LogP contribution in [0.15, 0.2) is 22.5 Å². The molecule has 1 fully saturated rings. The van der Waals surface area contributed by atoms with E-state index in [1.807, 2.05) is 30.7 Å². The molecule has 0 bridgehead atoms. The van der Waals surface area contributed by atoms with Crippen LogP contribution in [-0.4, -0.2) is 28.2 Å². The second-order valence-corrected chi connectivity index (χ2v) is 7.90. The van der Waals surface area contributed by atoms with Crippen molar-refractivity contribution in [2.75, 3.05) is 6.26 Å². The number of rotatable bonds is 4. The van der Waals surface area contributed by atoms with Crippen LogP contribution in [0, 0.1) is 6.92 Å². The van der Waals surface area contributed by atoms with E-state index in [0.29, 0.717) is 11.4 Å². The van der Waals surface area contributed by atoms with Crippen molar-refractivity contribution in [2.45, 2.75) is 56.5 Å². The van der Waals surface area contributed by atoms with Crippen LogP contribution in [-0.2, 0) is 0 Å². The van der Waals surface area contributed by atoms with Gasteiger partial charge in [0.1, 0.15) is 5.03 Å². The van der Waals surface area contributed by atoms with E-state index in [0.717, 1.165) is 28.4 Å². The number of thioether (sulfide) groups is 1. The van der Waals surface area contributed by atoms with Gasteiger partial charge < -0.3 is 5.32 Å². The Bertz CT molecular complexity index is 693. The minimum absolute atomic E-state index is 0.0264. The summed E-state index contributed by atoms with van der Waals surface area (Å²) in [6, 6.07) is 4.28. The Morgan fingerprint density at radius 3 is 2.62 bits per heavy atom. The summed E-state index contributed by atoms with van der Waals surface area (Å²) < 4.78 is 0. The molecular formula is C18H23N3OS2. The van der Waals surface area contributed by atoms with Crippen molar-refractivity contribution >= 4 is 29.0 Å². The van der Waals surface area contributed by atoms with Gasteiger partial charge in [-0.15, -0.1) is 23.1 Å². The number of thiophene rings is 1. The number of nitrogens with one attached hydrogen (secondary N) is 1. The van der Waals surface area contributed by atoms with Gasteiger partial charge >= 0.3 is 0 Å². The highest BCUT2D eigenvalue weighted by Gasteiger charge is 2.22. The molecule has 0 radical (unpaired) electrons. The van der Waals surface area contributed by atoms with Crippen LogP contribution in [0.1, 0.15) is 54.6 Å². The summed E-state index contributed by atoms with van der Waals surface area (Å²) in [5.74, 6) is 0.680. The zero-order chi connectivity index (χ0) is 16.9. The number of hydrogen-bond donors (Lipinski definition) is 1. The number of aromatic nitrogens is 2. The van der Waals surface area contributed by atoms with E-state index in [9.17, 15) is 4.79 Å². The molecule has 1 saturated carbocycles. The molecule has 2 aromatic heterocycles. The van der Waals surface area contributed by atoms with Crippen LogP contribution in [0.5, 0.6) is 0 Å². The summed E-state index contributed by atoms with van der Waals surface area (Å²) in [5, 5.41) is 5.99. The minimum atomic E-state index is -0.0264. The van der Waals surface area contributed by atoms with Gasteiger partial charge in [0.05, 0.1) is 16.1 Å². The first-order chi connectivity index (χ1) is 11.7. The van der Waals surface area contributed by atoms with Gasteiger partial charge in [-0.3, -0.25) is 4.79 Å². The molecule has 6 heteroatoms. The molecule has 0 aromatic carbocycles. The Morgan fingerprint density at radius 2 is 2.00 bits per heavy atom. The lowest BCUT2D eigenvalue weighted by atomic mass is 10.1. The van der Waals surface area contributed by atoms with Gasteiger partial charge in [0.25, 0.3) is 5.91 Å². The molecule has 1 aliphatic rings. The molecule has 1 aliphatic carbocycles. The standard InChI is InChI=1S/C18H23N3OS2/c1-12-15(17(22)20-13-8-5-3-4-6-9-13)18(23-2)21-16(19-12)14-10-7-11-24-14/h7,10-11,13H,3-6,8-9H2,1-2H3,(H,20,22). The molecular weight excluding hydrogens is 338 g/mol.